The second-order valence-electron chi connectivity index (χ2n) is 7.94. The van der Waals surface area contributed by atoms with Crippen molar-refractivity contribution >= 4 is 26.0 Å². The fraction of sp³-hybridized carbons (Fsp3) is 0.318. The predicted molar refractivity (Wildman–Crippen MR) is 123 cm³/mol. The van der Waals surface area contributed by atoms with Gasteiger partial charge in [0.05, 0.1) is 28.5 Å². The summed E-state index contributed by atoms with van der Waals surface area (Å²) in [7, 11) is -5.21. The number of nitrogens with zero attached hydrogens (tertiary/aromatic N) is 1. The number of esters is 1. The van der Waals surface area contributed by atoms with Gasteiger partial charge in [0.1, 0.15) is 6.17 Å². The average molecular weight is 494 g/mol. The Hall–Kier alpha value is -2.73. The summed E-state index contributed by atoms with van der Waals surface area (Å²) < 4.78 is 62.0. The lowest BCUT2D eigenvalue weighted by Gasteiger charge is -2.38. The standard InChI is InChI=1S/C22H27N3O6S2/c1-15-5-9-18(10-6-15)32(27,28)23-20-13-17(22(26)31-4)14-25(3)21(20)24-33(29,30)19-11-7-16(2)8-12-19/h5-12,14,20-21,23-24H,13H2,1-4H3/t20-,21-/m0/s1. The number of likely N-dealkylation sites (N-methyl/N-ethyl adjacent to an activating group) is 1. The van der Waals surface area contributed by atoms with Gasteiger partial charge in [0, 0.05) is 19.7 Å². The summed E-state index contributed by atoms with van der Waals surface area (Å²) in [5, 5.41) is 0. The van der Waals surface area contributed by atoms with Crippen molar-refractivity contribution in [2.24, 2.45) is 0 Å². The van der Waals surface area contributed by atoms with E-state index in [1.165, 1.54) is 42.5 Å². The van der Waals surface area contributed by atoms with Crippen LogP contribution in [0.25, 0.3) is 0 Å². The Kier molecular flexibility index (Phi) is 7.27. The van der Waals surface area contributed by atoms with Gasteiger partial charge in [-0.25, -0.2) is 26.4 Å². The van der Waals surface area contributed by atoms with Crippen LogP contribution in [0.15, 0.2) is 70.1 Å². The van der Waals surface area contributed by atoms with Crippen LogP contribution in [0.1, 0.15) is 17.5 Å². The van der Waals surface area contributed by atoms with Crippen molar-refractivity contribution in [2.75, 3.05) is 14.2 Å². The molecule has 0 amide bonds. The summed E-state index contributed by atoms with van der Waals surface area (Å²) in [5.74, 6) is -0.624. The molecule has 11 heteroatoms. The van der Waals surface area contributed by atoms with E-state index in [0.717, 1.165) is 11.1 Å². The third kappa shape index (κ3) is 5.80. The number of ether oxygens (including phenoxy) is 1. The zero-order valence-electron chi connectivity index (χ0n) is 18.8. The molecular weight excluding hydrogens is 466 g/mol. The average Bonchev–Trinajstić information content (AvgIpc) is 2.75. The molecule has 0 bridgehead atoms. The number of hydrogen-bond donors (Lipinski definition) is 2. The van der Waals surface area contributed by atoms with Gasteiger partial charge in [0.15, 0.2) is 0 Å². The molecule has 178 valence electrons. The maximum atomic E-state index is 13.0. The van der Waals surface area contributed by atoms with E-state index in [-0.39, 0.29) is 21.8 Å². The number of aryl methyl sites for hydroxylation is 2. The number of carbonyl (C=O) groups is 1. The molecular formula is C22H27N3O6S2. The van der Waals surface area contributed by atoms with E-state index in [1.54, 1.807) is 31.3 Å². The highest BCUT2D eigenvalue weighted by Gasteiger charge is 2.37. The second-order valence-corrected chi connectivity index (χ2v) is 11.4. The molecule has 2 N–H and O–H groups in total. The van der Waals surface area contributed by atoms with Crippen molar-refractivity contribution in [3.63, 3.8) is 0 Å². The Morgan fingerprint density at radius 1 is 0.879 bits per heavy atom. The zero-order valence-corrected chi connectivity index (χ0v) is 20.4. The molecule has 0 aromatic heterocycles. The highest BCUT2D eigenvalue weighted by atomic mass is 32.2. The zero-order chi connectivity index (χ0) is 24.4. The van der Waals surface area contributed by atoms with Crippen molar-refractivity contribution in [1.29, 1.82) is 0 Å². The van der Waals surface area contributed by atoms with Gasteiger partial charge in [-0.1, -0.05) is 35.4 Å². The molecule has 0 saturated heterocycles. The van der Waals surface area contributed by atoms with Crippen LogP contribution in [0.5, 0.6) is 0 Å². The lowest BCUT2D eigenvalue weighted by Crippen LogP contribution is -2.59. The third-order valence-electron chi connectivity index (χ3n) is 5.31. The van der Waals surface area contributed by atoms with E-state index in [9.17, 15) is 21.6 Å². The fourth-order valence-electron chi connectivity index (χ4n) is 3.48. The van der Waals surface area contributed by atoms with Crippen LogP contribution in [-0.2, 0) is 29.6 Å². The molecule has 0 fully saturated rings. The molecule has 1 heterocycles. The van der Waals surface area contributed by atoms with Gasteiger partial charge in [-0.2, -0.15) is 4.72 Å². The van der Waals surface area contributed by atoms with Gasteiger partial charge in [-0.05, 0) is 38.1 Å². The van der Waals surface area contributed by atoms with Crippen LogP contribution in [0.2, 0.25) is 0 Å². The molecule has 2 aromatic rings. The first-order chi connectivity index (χ1) is 15.4. The maximum Gasteiger partial charge on any atom is 0.335 e. The molecule has 9 nitrogen and oxygen atoms in total. The molecule has 33 heavy (non-hydrogen) atoms. The van der Waals surface area contributed by atoms with Crippen molar-refractivity contribution < 1.29 is 26.4 Å². The van der Waals surface area contributed by atoms with E-state index >= 15 is 0 Å². The van der Waals surface area contributed by atoms with Crippen LogP contribution in [0, 0.1) is 13.8 Å². The third-order valence-corrected chi connectivity index (χ3v) is 8.26. The van der Waals surface area contributed by atoms with Gasteiger partial charge in [-0.15, -0.1) is 0 Å². The van der Waals surface area contributed by atoms with Crippen molar-refractivity contribution in [3.8, 4) is 0 Å². The number of benzene rings is 2. The van der Waals surface area contributed by atoms with Crippen molar-refractivity contribution in [1.82, 2.24) is 14.3 Å². The SMILES string of the molecule is COC(=O)C1=CN(C)[C@H](NS(=O)(=O)c2ccc(C)cc2)[C@@H](NS(=O)(=O)c2ccc(C)cc2)C1. The Morgan fingerprint density at radius 3 is 1.79 bits per heavy atom. The monoisotopic (exact) mass is 493 g/mol. The first-order valence-electron chi connectivity index (χ1n) is 10.1. The van der Waals surface area contributed by atoms with Gasteiger partial charge >= 0.3 is 5.97 Å². The lowest BCUT2D eigenvalue weighted by molar-refractivity contribution is -0.136. The van der Waals surface area contributed by atoms with Crippen LogP contribution in [0.3, 0.4) is 0 Å². The van der Waals surface area contributed by atoms with Gasteiger partial charge < -0.3 is 9.64 Å². The molecule has 0 unspecified atom stereocenters. The number of nitrogens with one attached hydrogen (secondary N) is 2. The summed E-state index contributed by atoms with van der Waals surface area (Å²) in [6.45, 7) is 3.68. The highest BCUT2D eigenvalue weighted by molar-refractivity contribution is 7.90. The van der Waals surface area contributed by atoms with Crippen LogP contribution < -0.4 is 9.44 Å². The minimum Gasteiger partial charge on any atom is -0.466 e. The number of rotatable bonds is 7. The van der Waals surface area contributed by atoms with E-state index in [1.807, 2.05) is 13.8 Å². The number of sulfonamides is 2. The topological polar surface area (TPSA) is 122 Å². The Labute approximate surface area is 194 Å². The molecule has 0 aliphatic carbocycles. The fourth-order valence-corrected chi connectivity index (χ4v) is 6.00. The van der Waals surface area contributed by atoms with Crippen LogP contribution in [0.4, 0.5) is 0 Å². The van der Waals surface area contributed by atoms with Gasteiger partial charge in [-0.3, -0.25) is 0 Å². The molecule has 2 aromatic carbocycles. The minimum absolute atomic E-state index is 0.0325. The largest absolute Gasteiger partial charge is 0.466 e. The molecule has 0 radical (unpaired) electrons. The Morgan fingerprint density at radius 2 is 1.33 bits per heavy atom. The molecule has 1 aliphatic rings. The molecule has 2 atom stereocenters. The molecule has 0 saturated carbocycles. The molecule has 0 spiro atoms. The van der Waals surface area contributed by atoms with Crippen LogP contribution in [-0.4, -0.2) is 54.1 Å². The lowest BCUT2D eigenvalue weighted by atomic mass is 10.0. The van der Waals surface area contributed by atoms with Crippen molar-refractivity contribution in [2.45, 2.75) is 42.3 Å². The highest BCUT2D eigenvalue weighted by Crippen LogP contribution is 2.24. The number of hydrogen-bond acceptors (Lipinski definition) is 7. The van der Waals surface area contributed by atoms with E-state index in [4.69, 9.17) is 4.74 Å². The van der Waals surface area contributed by atoms with Gasteiger partial charge in [0.2, 0.25) is 20.0 Å². The summed E-state index contributed by atoms with van der Waals surface area (Å²) >= 11 is 0. The van der Waals surface area contributed by atoms with Gasteiger partial charge in [0.25, 0.3) is 0 Å². The normalized spacial score (nSPS) is 19.2. The number of methoxy groups -OCH3 is 1. The molecule has 3 rings (SSSR count). The van der Waals surface area contributed by atoms with E-state index in [2.05, 4.69) is 9.44 Å². The minimum atomic E-state index is -4.01. The Bertz CT molecular complexity index is 1250. The predicted octanol–water partition coefficient (Wildman–Crippen LogP) is 1.65. The molecule has 1 aliphatic heterocycles. The quantitative estimate of drug-likeness (QED) is 0.563. The first-order valence-corrected chi connectivity index (χ1v) is 13.1. The first kappa shape index (κ1) is 24.9. The second kappa shape index (κ2) is 9.64. The Balaban J connectivity index is 1.96. The number of carbonyl (C=O) groups excluding carboxylic acids is 1. The smallest absolute Gasteiger partial charge is 0.335 e. The summed E-state index contributed by atoms with van der Waals surface area (Å²) in [5.41, 5.74) is 2.01. The summed E-state index contributed by atoms with van der Waals surface area (Å²) in [4.78, 5) is 13.7. The van der Waals surface area contributed by atoms with Crippen LogP contribution >= 0.6 is 0 Å². The summed E-state index contributed by atoms with van der Waals surface area (Å²) in [6, 6.07) is 11.6. The van der Waals surface area contributed by atoms with E-state index < -0.39 is 38.2 Å². The maximum absolute atomic E-state index is 13.0. The van der Waals surface area contributed by atoms with Crippen molar-refractivity contribution in [3.05, 3.63) is 71.4 Å². The van der Waals surface area contributed by atoms with E-state index in [0.29, 0.717) is 0 Å². The summed E-state index contributed by atoms with van der Waals surface area (Å²) in [6.07, 6.45) is 0.388.